The lowest BCUT2D eigenvalue weighted by Gasteiger charge is -2.34. The minimum Gasteiger partial charge on any atom is -0.480 e. The maximum absolute atomic E-state index is 12.1. The van der Waals surface area contributed by atoms with Crippen LogP contribution in [0.3, 0.4) is 0 Å². The molecule has 0 aromatic heterocycles. The lowest BCUT2D eigenvalue weighted by Crippen LogP contribution is -2.49. The number of nitrogens with one attached hydrogen (secondary N) is 1. The molecule has 0 aliphatic carbocycles. The van der Waals surface area contributed by atoms with E-state index in [0.717, 1.165) is 32.2 Å². The van der Waals surface area contributed by atoms with Crippen molar-refractivity contribution < 1.29 is 14.7 Å². The molecule has 110 valence electrons. The molecule has 1 aliphatic heterocycles. The van der Waals surface area contributed by atoms with E-state index in [2.05, 4.69) is 12.2 Å². The molecule has 19 heavy (non-hydrogen) atoms. The van der Waals surface area contributed by atoms with Gasteiger partial charge in [0.15, 0.2) is 0 Å². The van der Waals surface area contributed by atoms with Gasteiger partial charge in [0.1, 0.15) is 6.04 Å². The lowest BCUT2D eigenvalue weighted by molar-refractivity contribution is -0.144. The Hall–Kier alpha value is -1.10. The number of hydrogen-bond acceptors (Lipinski definition) is 3. The average Bonchev–Trinajstić information content (AvgIpc) is 2.38. The Morgan fingerprint density at radius 2 is 2.11 bits per heavy atom. The summed E-state index contributed by atoms with van der Waals surface area (Å²) in [6.45, 7) is 7.11. The van der Waals surface area contributed by atoms with Crippen molar-refractivity contribution in [2.75, 3.05) is 13.1 Å². The molecule has 0 aromatic carbocycles. The summed E-state index contributed by atoms with van der Waals surface area (Å²) in [4.78, 5) is 25.0. The zero-order chi connectivity index (χ0) is 14.4. The van der Waals surface area contributed by atoms with Gasteiger partial charge in [-0.25, -0.2) is 0 Å². The van der Waals surface area contributed by atoms with Crippen molar-refractivity contribution in [2.24, 2.45) is 5.92 Å². The standard InChI is InChI=1S/C14H26N2O3/c1-4-6-10(2)15-13(17)12-7-5-8-16(9-12)11(3)14(18)19/h10-12H,4-9H2,1-3H3,(H,15,17)(H,18,19)/t10-,11-,12+/m0/s1. The van der Waals surface area contributed by atoms with E-state index in [1.807, 2.05) is 11.8 Å². The highest BCUT2D eigenvalue weighted by atomic mass is 16.4. The van der Waals surface area contributed by atoms with Gasteiger partial charge in [-0.2, -0.15) is 0 Å². The van der Waals surface area contributed by atoms with Crippen molar-refractivity contribution in [1.82, 2.24) is 10.2 Å². The molecule has 0 unspecified atom stereocenters. The first kappa shape index (κ1) is 16.0. The third-order valence-electron chi connectivity index (χ3n) is 3.84. The van der Waals surface area contributed by atoms with Crippen LogP contribution in [-0.4, -0.2) is 47.1 Å². The highest BCUT2D eigenvalue weighted by Gasteiger charge is 2.30. The van der Waals surface area contributed by atoms with Gasteiger partial charge < -0.3 is 10.4 Å². The lowest BCUT2D eigenvalue weighted by atomic mass is 9.95. The van der Waals surface area contributed by atoms with Crippen LogP contribution >= 0.6 is 0 Å². The predicted octanol–water partition coefficient (Wildman–Crippen LogP) is 1.48. The van der Waals surface area contributed by atoms with Gasteiger partial charge >= 0.3 is 5.97 Å². The molecule has 2 N–H and O–H groups in total. The highest BCUT2D eigenvalue weighted by Crippen LogP contribution is 2.19. The van der Waals surface area contributed by atoms with Gasteiger partial charge in [0.2, 0.25) is 5.91 Å². The fourth-order valence-electron chi connectivity index (χ4n) is 2.59. The minimum absolute atomic E-state index is 0.0724. The predicted molar refractivity (Wildman–Crippen MR) is 73.9 cm³/mol. The quantitative estimate of drug-likeness (QED) is 0.767. The molecular formula is C14H26N2O3. The van der Waals surface area contributed by atoms with Crippen LogP contribution in [-0.2, 0) is 9.59 Å². The highest BCUT2D eigenvalue weighted by molar-refractivity contribution is 5.79. The molecule has 1 aliphatic rings. The van der Waals surface area contributed by atoms with Crippen molar-refractivity contribution >= 4 is 11.9 Å². The van der Waals surface area contributed by atoms with Gasteiger partial charge in [-0.05, 0) is 39.7 Å². The molecule has 5 heteroatoms. The minimum atomic E-state index is -0.819. The van der Waals surface area contributed by atoms with E-state index in [0.29, 0.717) is 6.54 Å². The summed E-state index contributed by atoms with van der Waals surface area (Å²) in [5, 5.41) is 12.1. The number of carbonyl (C=O) groups is 2. The number of aliphatic carboxylic acids is 1. The molecule has 3 atom stereocenters. The number of carboxylic acids is 1. The molecule has 0 saturated carbocycles. The average molecular weight is 270 g/mol. The number of likely N-dealkylation sites (tertiary alicyclic amines) is 1. The smallest absolute Gasteiger partial charge is 0.320 e. The van der Waals surface area contributed by atoms with Gasteiger partial charge in [0.25, 0.3) is 0 Å². The second-order valence-corrected chi connectivity index (χ2v) is 5.55. The van der Waals surface area contributed by atoms with E-state index in [-0.39, 0.29) is 17.9 Å². The summed E-state index contributed by atoms with van der Waals surface area (Å²) < 4.78 is 0. The first-order chi connectivity index (χ1) is 8.95. The van der Waals surface area contributed by atoms with E-state index in [1.165, 1.54) is 0 Å². The van der Waals surface area contributed by atoms with Crippen LogP contribution in [0.5, 0.6) is 0 Å². The van der Waals surface area contributed by atoms with Crippen LogP contribution in [0.4, 0.5) is 0 Å². The fourth-order valence-corrected chi connectivity index (χ4v) is 2.59. The van der Waals surface area contributed by atoms with Crippen LogP contribution in [0.15, 0.2) is 0 Å². The van der Waals surface area contributed by atoms with Gasteiger partial charge in [-0.3, -0.25) is 14.5 Å². The molecule has 1 amide bonds. The molecule has 1 rings (SSSR count). The third-order valence-corrected chi connectivity index (χ3v) is 3.84. The van der Waals surface area contributed by atoms with E-state index in [1.54, 1.807) is 6.92 Å². The van der Waals surface area contributed by atoms with Crippen LogP contribution in [0, 0.1) is 5.92 Å². The zero-order valence-corrected chi connectivity index (χ0v) is 12.2. The monoisotopic (exact) mass is 270 g/mol. The van der Waals surface area contributed by atoms with Gasteiger partial charge in [-0.1, -0.05) is 13.3 Å². The number of amides is 1. The molecule has 1 fully saturated rings. The van der Waals surface area contributed by atoms with Crippen molar-refractivity contribution in [3.8, 4) is 0 Å². The largest absolute Gasteiger partial charge is 0.480 e. The van der Waals surface area contributed by atoms with Gasteiger partial charge in [-0.15, -0.1) is 0 Å². The molecule has 0 aromatic rings. The van der Waals surface area contributed by atoms with Crippen molar-refractivity contribution in [3.05, 3.63) is 0 Å². The summed E-state index contributed by atoms with van der Waals surface area (Å²) in [7, 11) is 0. The van der Waals surface area contributed by atoms with Crippen LogP contribution < -0.4 is 5.32 Å². The molecule has 0 bridgehead atoms. The van der Waals surface area contributed by atoms with E-state index in [4.69, 9.17) is 5.11 Å². The van der Waals surface area contributed by atoms with Gasteiger partial charge in [0, 0.05) is 12.6 Å². The Balaban J connectivity index is 2.50. The molecule has 5 nitrogen and oxygen atoms in total. The molecular weight excluding hydrogens is 244 g/mol. The van der Waals surface area contributed by atoms with E-state index in [9.17, 15) is 9.59 Å². The zero-order valence-electron chi connectivity index (χ0n) is 12.2. The third kappa shape index (κ3) is 4.82. The second-order valence-electron chi connectivity index (χ2n) is 5.55. The summed E-state index contributed by atoms with van der Waals surface area (Å²) in [5.41, 5.74) is 0. The number of rotatable bonds is 6. The number of carboxylic acid groups (broad SMARTS) is 1. The van der Waals surface area contributed by atoms with Crippen LogP contribution in [0.25, 0.3) is 0 Å². The second kappa shape index (κ2) is 7.48. The van der Waals surface area contributed by atoms with Crippen LogP contribution in [0.1, 0.15) is 46.5 Å². The Kier molecular flexibility index (Phi) is 6.28. The molecule has 0 radical (unpaired) electrons. The maximum atomic E-state index is 12.1. The van der Waals surface area contributed by atoms with Crippen molar-refractivity contribution in [2.45, 2.75) is 58.5 Å². The maximum Gasteiger partial charge on any atom is 0.320 e. The number of hydrogen-bond donors (Lipinski definition) is 2. The Labute approximate surface area is 115 Å². The molecule has 1 saturated heterocycles. The Morgan fingerprint density at radius 3 is 2.68 bits per heavy atom. The molecule has 1 heterocycles. The SMILES string of the molecule is CCC[C@H](C)NC(=O)[C@@H]1CCCN([C@@H](C)C(=O)O)C1. The topological polar surface area (TPSA) is 69.6 Å². The van der Waals surface area contributed by atoms with Crippen LogP contribution in [0.2, 0.25) is 0 Å². The fraction of sp³-hybridized carbons (Fsp3) is 0.857. The summed E-state index contributed by atoms with van der Waals surface area (Å²) in [6.07, 6.45) is 3.77. The van der Waals surface area contributed by atoms with Gasteiger partial charge in [0.05, 0.1) is 5.92 Å². The van der Waals surface area contributed by atoms with Crippen molar-refractivity contribution in [1.29, 1.82) is 0 Å². The number of nitrogens with zero attached hydrogens (tertiary/aromatic N) is 1. The number of carbonyl (C=O) groups excluding carboxylic acids is 1. The summed E-state index contributed by atoms with van der Waals surface area (Å²) >= 11 is 0. The Bertz CT molecular complexity index is 320. The van der Waals surface area contributed by atoms with Crippen molar-refractivity contribution in [3.63, 3.8) is 0 Å². The first-order valence-corrected chi connectivity index (χ1v) is 7.23. The summed E-state index contributed by atoms with van der Waals surface area (Å²) in [5.74, 6) is -0.821. The first-order valence-electron chi connectivity index (χ1n) is 7.23. The Morgan fingerprint density at radius 1 is 1.42 bits per heavy atom. The molecule has 0 spiro atoms. The summed E-state index contributed by atoms with van der Waals surface area (Å²) in [6, 6.07) is -0.312. The normalized spacial score (nSPS) is 23.6. The van der Waals surface area contributed by atoms with E-state index >= 15 is 0 Å². The van der Waals surface area contributed by atoms with E-state index < -0.39 is 12.0 Å². The number of piperidine rings is 1.